The molecular weight excluding hydrogens is 190 g/mol. The first-order chi connectivity index (χ1) is 6.99. The van der Waals surface area contributed by atoms with E-state index in [9.17, 15) is 4.79 Å². The molecule has 0 fully saturated rings. The zero-order valence-corrected chi connectivity index (χ0v) is 10.1. The predicted octanol–water partition coefficient (Wildman–Crippen LogP) is 1.90. The molecule has 0 aliphatic heterocycles. The third-order valence-corrected chi connectivity index (χ3v) is 2.57. The summed E-state index contributed by atoms with van der Waals surface area (Å²) >= 11 is 0. The van der Waals surface area contributed by atoms with Crippen molar-refractivity contribution in [2.75, 3.05) is 6.54 Å². The molecule has 1 aromatic rings. The Morgan fingerprint density at radius 1 is 1.47 bits per heavy atom. The summed E-state index contributed by atoms with van der Waals surface area (Å²) < 4.78 is 0. The molecule has 1 aromatic heterocycles. The van der Waals surface area contributed by atoms with Gasteiger partial charge in [-0.05, 0) is 34.6 Å². The van der Waals surface area contributed by atoms with Crippen molar-refractivity contribution in [2.24, 2.45) is 0 Å². The van der Waals surface area contributed by atoms with Crippen LogP contribution in [-0.4, -0.2) is 33.6 Å². The van der Waals surface area contributed by atoms with Gasteiger partial charge in [0.25, 0.3) is 5.91 Å². The molecule has 4 heteroatoms. The number of rotatable bonds is 3. The van der Waals surface area contributed by atoms with Crippen LogP contribution in [0.5, 0.6) is 0 Å². The SMILES string of the molecule is CCN(C(=O)c1c(C)n[nH]c1C)C(C)C. The molecule has 0 spiro atoms. The molecule has 84 valence electrons. The number of hydrogen-bond acceptors (Lipinski definition) is 2. The van der Waals surface area contributed by atoms with Crippen LogP contribution in [0.15, 0.2) is 0 Å². The maximum atomic E-state index is 12.2. The molecule has 1 N–H and O–H groups in total. The normalized spacial score (nSPS) is 10.8. The largest absolute Gasteiger partial charge is 0.336 e. The van der Waals surface area contributed by atoms with Gasteiger partial charge in [0.1, 0.15) is 0 Å². The van der Waals surface area contributed by atoms with Gasteiger partial charge in [0.15, 0.2) is 0 Å². The zero-order valence-electron chi connectivity index (χ0n) is 10.1. The molecule has 4 nitrogen and oxygen atoms in total. The summed E-state index contributed by atoms with van der Waals surface area (Å²) in [6.45, 7) is 10.5. The highest BCUT2D eigenvalue weighted by Gasteiger charge is 2.22. The first-order valence-corrected chi connectivity index (χ1v) is 5.31. The molecule has 0 saturated heterocycles. The van der Waals surface area contributed by atoms with E-state index in [1.54, 1.807) is 0 Å². The molecule has 15 heavy (non-hydrogen) atoms. The van der Waals surface area contributed by atoms with E-state index in [1.807, 2.05) is 39.5 Å². The minimum absolute atomic E-state index is 0.0660. The van der Waals surface area contributed by atoms with Crippen molar-refractivity contribution < 1.29 is 4.79 Å². The van der Waals surface area contributed by atoms with Crippen molar-refractivity contribution in [3.63, 3.8) is 0 Å². The molecular formula is C11H19N3O. The van der Waals surface area contributed by atoms with Gasteiger partial charge in [-0.3, -0.25) is 9.89 Å². The monoisotopic (exact) mass is 209 g/mol. The number of nitrogens with zero attached hydrogens (tertiary/aromatic N) is 2. The van der Waals surface area contributed by atoms with Gasteiger partial charge >= 0.3 is 0 Å². The third kappa shape index (κ3) is 2.19. The van der Waals surface area contributed by atoms with Gasteiger partial charge in [-0.2, -0.15) is 5.10 Å². The van der Waals surface area contributed by atoms with Crippen LogP contribution in [0.25, 0.3) is 0 Å². The van der Waals surface area contributed by atoms with E-state index < -0.39 is 0 Å². The number of carbonyl (C=O) groups excluding carboxylic acids is 1. The van der Waals surface area contributed by atoms with Gasteiger partial charge in [0.05, 0.1) is 11.3 Å². The molecule has 0 radical (unpaired) electrons. The van der Waals surface area contributed by atoms with Gasteiger partial charge in [-0.1, -0.05) is 0 Å². The van der Waals surface area contributed by atoms with Crippen molar-refractivity contribution in [1.82, 2.24) is 15.1 Å². The van der Waals surface area contributed by atoms with E-state index in [1.165, 1.54) is 0 Å². The van der Waals surface area contributed by atoms with Crippen molar-refractivity contribution in [3.05, 3.63) is 17.0 Å². The Kier molecular flexibility index (Phi) is 3.50. The van der Waals surface area contributed by atoms with Gasteiger partial charge in [0.2, 0.25) is 0 Å². The van der Waals surface area contributed by atoms with Gasteiger partial charge in [-0.15, -0.1) is 0 Å². The smallest absolute Gasteiger partial charge is 0.257 e. The predicted molar refractivity (Wildman–Crippen MR) is 59.9 cm³/mol. The number of amides is 1. The summed E-state index contributed by atoms with van der Waals surface area (Å²) in [7, 11) is 0. The molecule has 1 rings (SSSR count). The summed E-state index contributed by atoms with van der Waals surface area (Å²) in [6.07, 6.45) is 0. The van der Waals surface area contributed by atoms with Crippen molar-refractivity contribution in [3.8, 4) is 0 Å². The molecule has 0 aliphatic rings. The number of aromatic amines is 1. The van der Waals surface area contributed by atoms with E-state index in [0.29, 0.717) is 5.56 Å². The van der Waals surface area contributed by atoms with Gasteiger partial charge in [-0.25, -0.2) is 0 Å². The third-order valence-electron chi connectivity index (χ3n) is 2.57. The lowest BCUT2D eigenvalue weighted by Crippen LogP contribution is -2.37. The van der Waals surface area contributed by atoms with Crippen LogP contribution in [0.4, 0.5) is 0 Å². The fourth-order valence-electron chi connectivity index (χ4n) is 1.75. The van der Waals surface area contributed by atoms with Crippen molar-refractivity contribution >= 4 is 5.91 Å². The lowest BCUT2D eigenvalue weighted by atomic mass is 10.1. The molecule has 1 amide bonds. The number of nitrogens with one attached hydrogen (secondary N) is 1. The van der Waals surface area contributed by atoms with Crippen LogP contribution >= 0.6 is 0 Å². The van der Waals surface area contributed by atoms with Gasteiger partial charge in [0, 0.05) is 18.3 Å². The number of hydrogen-bond donors (Lipinski definition) is 1. The summed E-state index contributed by atoms with van der Waals surface area (Å²) in [4.78, 5) is 14.0. The zero-order chi connectivity index (χ0) is 11.6. The summed E-state index contributed by atoms with van der Waals surface area (Å²) in [5.41, 5.74) is 2.33. The Balaban J connectivity index is 3.03. The fraction of sp³-hybridized carbons (Fsp3) is 0.636. The molecule has 0 bridgehead atoms. The highest BCUT2D eigenvalue weighted by atomic mass is 16.2. The van der Waals surface area contributed by atoms with Crippen molar-refractivity contribution in [2.45, 2.75) is 40.7 Å². The molecule has 0 saturated carbocycles. The number of aromatic nitrogens is 2. The number of aryl methyl sites for hydroxylation is 2. The standard InChI is InChI=1S/C11H19N3O/c1-6-14(7(2)3)11(15)10-8(4)12-13-9(10)5/h7H,6H2,1-5H3,(H,12,13). The average Bonchev–Trinajstić information content (AvgIpc) is 2.46. The van der Waals surface area contributed by atoms with E-state index >= 15 is 0 Å². The lowest BCUT2D eigenvalue weighted by molar-refractivity contribution is 0.0715. The van der Waals surface area contributed by atoms with Crippen LogP contribution in [0.3, 0.4) is 0 Å². The van der Waals surface area contributed by atoms with Crippen LogP contribution in [0, 0.1) is 13.8 Å². The molecule has 0 atom stereocenters. The second kappa shape index (κ2) is 4.47. The summed E-state index contributed by atoms with van der Waals surface area (Å²) in [5, 5.41) is 6.88. The Morgan fingerprint density at radius 3 is 2.40 bits per heavy atom. The summed E-state index contributed by atoms with van der Waals surface area (Å²) in [6, 6.07) is 0.219. The first kappa shape index (κ1) is 11.8. The van der Waals surface area contributed by atoms with E-state index in [4.69, 9.17) is 0 Å². The fourth-order valence-corrected chi connectivity index (χ4v) is 1.75. The summed E-state index contributed by atoms with van der Waals surface area (Å²) in [5.74, 6) is 0.0660. The Bertz CT molecular complexity index is 335. The first-order valence-electron chi connectivity index (χ1n) is 5.31. The second-order valence-corrected chi connectivity index (χ2v) is 3.99. The van der Waals surface area contributed by atoms with Crippen LogP contribution in [0.1, 0.15) is 42.5 Å². The minimum Gasteiger partial charge on any atom is -0.336 e. The van der Waals surface area contributed by atoms with Crippen molar-refractivity contribution in [1.29, 1.82) is 0 Å². The quantitative estimate of drug-likeness (QED) is 0.826. The Labute approximate surface area is 90.7 Å². The average molecular weight is 209 g/mol. The van der Waals surface area contributed by atoms with E-state index in [0.717, 1.165) is 17.9 Å². The second-order valence-electron chi connectivity index (χ2n) is 3.99. The number of H-pyrrole nitrogens is 1. The molecule has 0 aliphatic carbocycles. The molecule has 1 heterocycles. The maximum absolute atomic E-state index is 12.2. The highest BCUT2D eigenvalue weighted by Crippen LogP contribution is 2.14. The topological polar surface area (TPSA) is 49.0 Å². The Morgan fingerprint density at radius 2 is 2.07 bits per heavy atom. The van der Waals surface area contributed by atoms with Crippen LogP contribution in [-0.2, 0) is 0 Å². The van der Waals surface area contributed by atoms with E-state index in [-0.39, 0.29) is 11.9 Å². The van der Waals surface area contributed by atoms with Crippen LogP contribution < -0.4 is 0 Å². The van der Waals surface area contributed by atoms with Crippen LogP contribution in [0.2, 0.25) is 0 Å². The van der Waals surface area contributed by atoms with E-state index in [2.05, 4.69) is 10.2 Å². The lowest BCUT2D eigenvalue weighted by Gasteiger charge is -2.25. The Hall–Kier alpha value is -1.32. The molecule has 0 aromatic carbocycles. The highest BCUT2D eigenvalue weighted by molar-refractivity contribution is 5.96. The molecule has 0 unspecified atom stereocenters. The minimum atomic E-state index is 0.0660. The van der Waals surface area contributed by atoms with Gasteiger partial charge < -0.3 is 4.90 Å². The maximum Gasteiger partial charge on any atom is 0.257 e. The number of carbonyl (C=O) groups is 1.